The number of esters is 1. The van der Waals surface area contributed by atoms with Crippen LogP contribution in [0.5, 0.6) is 0 Å². The highest BCUT2D eigenvalue weighted by Crippen LogP contribution is 2.42. The summed E-state index contributed by atoms with van der Waals surface area (Å²) in [7, 11) is 1.27. The number of amides is 1. The van der Waals surface area contributed by atoms with Gasteiger partial charge in [0.15, 0.2) is 0 Å². The van der Waals surface area contributed by atoms with Gasteiger partial charge in [-0.05, 0) is 60.0 Å². The van der Waals surface area contributed by atoms with E-state index in [4.69, 9.17) is 16.3 Å². The molecule has 7 heteroatoms. The molecule has 1 unspecified atom stereocenters. The molecule has 0 aromatic heterocycles. The van der Waals surface area contributed by atoms with Crippen molar-refractivity contribution in [3.63, 3.8) is 0 Å². The predicted molar refractivity (Wildman–Crippen MR) is 130 cm³/mol. The number of halogens is 1. The van der Waals surface area contributed by atoms with Gasteiger partial charge >= 0.3 is 5.97 Å². The molecule has 0 saturated carbocycles. The number of aliphatic hydroxyl groups is 1. The molecule has 0 aliphatic carbocycles. The molecular formula is C27H22ClNO5. The normalized spacial score (nSPS) is 17.1. The molecule has 1 heterocycles. The first-order valence-corrected chi connectivity index (χ1v) is 11.1. The number of methoxy groups -OCH3 is 1. The fraction of sp³-hybridized carbons (Fsp3) is 0.148. The van der Waals surface area contributed by atoms with Gasteiger partial charge < -0.3 is 9.84 Å². The quantitative estimate of drug-likeness (QED) is 0.234. The van der Waals surface area contributed by atoms with Crippen LogP contribution in [0.1, 0.15) is 40.0 Å². The van der Waals surface area contributed by atoms with Crippen molar-refractivity contribution in [2.75, 3.05) is 12.0 Å². The molecular weight excluding hydrogens is 454 g/mol. The average Bonchev–Trinajstić information content (AvgIpc) is 3.14. The number of carbonyl (C=O) groups excluding carboxylic acids is 3. The summed E-state index contributed by atoms with van der Waals surface area (Å²) < 4.78 is 4.80. The maximum atomic E-state index is 13.3. The average molecular weight is 476 g/mol. The van der Waals surface area contributed by atoms with Crippen LogP contribution in [0.15, 0.2) is 78.4 Å². The summed E-state index contributed by atoms with van der Waals surface area (Å²) in [5.74, 6) is -2.49. The molecule has 1 atom stereocenters. The number of ether oxygens (including phenoxy) is 1. The van der Waals surface area contributed by atoms with E-state index in [0.29, 0.717) is 21.8 Å². The van der Waals surface area contributed by atoms with Crippen LogP contribution in [0, 0.1) is 0 Å². The summed E-state index contributed by atoms with van der Waals surface area (Å²) in [6, 6.07) is 19.3. The van der Waals surface area contributed by atoms with Crippen molar-refractivity contribution in [1.29, 1.82) is 0 Å². The summed E-state index contributed by atoms with van der Waals surface area (Å²) >= 11 is 5.97. The molecule has 1 amide bonds. The van der Waals surface area contributed by atoms with E-state index in [1.807, 2.05) is 31.2 Å². The van der Waals surface area contributed by atoms with E-state index in [1.165, 1.54) is 18.1 Å². The Morgan fingerprint density at radius 3 is 2.29 bits per heavy atom. The van der Waals surface area contributed by atoms with E-state index >= 15 is 0 Å². The number of aryl methyl sites for hydroxylation is 1. The van der Waals surface area contributed by atoms with Gasteiger partial charge in [-0.2, -0.15) is 0 Å². The molecule has 1 fully saturated rings. The highest BCUT2D eigenvalue weighted by Gasteiger charge is 2.47. The number of nitrogens with zero attached hydrogens (tertiary/aromatic N) is 1. The van der Waals surface area contributed by atoms with Gasteiger partial charge in [0.1, 0.15) is 5.76 Å². The lowest BCUT2D eigenvalue weighted by Crippen LogP contribution is -2.29. The first-order valence-electron chi connectivity index (χ1n) is 10.7. The summed E-state index contributed by atoms with van der Waals surface area (Å²) in [5.41, 5.74) is 2.63. The first-order chi connectivity index (χ1) is 16.3. The maximum Gasteiger partial charge on any atom is 0.337 e. The second-order valence-corrected chi connectivity index (χ2v) is 8.25. The van der Waals surface area contributed by atoms with Gasteiger partial charge in [0, 0.05) is 16.3 Å². The van der Waals surface area contributed by atoms with E-state index in [9.17, 15) is 19.5 Å². The van der Waals surface area contributed by atoms with E-state index in [0.717, 1.165) is 12.0 Å². The Kier molecular flexibility index (Phi) is 6.52. The van der Waals surface area contributed by atoms with Crippen molar-refractivity contribution >= 4 is 40.7 Å². The lowest BCUT2D eigenvalue weighted by atomic mass is 9.94. The summed E-state index contributed by atoms with van der Waals surface area (Å²) in [5, 5.41) is 11.6. The number of aliphatic hydroxyl groups excluding tert-OH is 1. The summed E-state index contributed by atoms with van der Waals surface area (Å²) in [6.45, 7) is 2.03. The third kappa shape index (κ3) is 4.20. The summed E-state index contributed by atoms with van der Waals surface area (Å²) in [6.07, 6.45) is 0.826. The maximum absolute atomic E-state index is 13.3. The second-order valence-electron chi connectivity index (χ2n) is 7.81. The standard InChI is InChI=1S/C27H22ClNO5/c1-3-16-7-9-17(10-8-16)23-22(24(30)18-11-13-20(28)14-12-18)25(31)26(32)29(23)21-6-4-5-19(15-21)27(33)34-2/h4-15,23,30H,3H2,1-2H3/b24-22+. The monoisotopic (exact) mass is 475 g/mol. The van der Waals surface area contributed by atoms with E-state index in [1.54, 1.807) is 42.5 Å². The molecule has 34 heavy (non-hydrogen) atoms. The van der Waals surface area contributed by atoms with E-state index in [-0.39, 0.29) is 16.9 Å². The molecule has 1 N–H and O–H groups in total. The molecule has 172 valence electrons. The molecule has 0 spiro atoms. The van der Waals surface area contributed by atoms with Crippen LogP contribution >= 0.6 is 11.6 Å². The smallest absolute Gasteiger partial charge is 0.337 e. The number of carbonyl (C=O) groups is 3. The van der Waals surface area contributed by atoms with Crippen molar-refractivity contribution in [2.24, 2.45) is 0 Å². The first kappa shape index (κ1) is 23.3. The fourth-order valence-electron chi connectivity index (χ4n) is 4.01. The van der Waals surface area contributed by atoms with E-state index in [2.05, 4.69) is 0 Å². The van der Waals surface area contributed by atoms with Crippen LogP contribution in [-0.4, -0.2) is 29.9 Å². The second kappa shape index (κ2) is 9.53. The van der Waals surface area contributed by atoms with Crippen molar-refractivity contribution in [2.45, 2.75) is 19.4 Å². The van der Waals surface area contributed by atoms with Gasteiger partial charge in [0.25, 0.3) is 11.7 Å². The number of rotatable bonds is 5. The number of hydrogen-bond acceptors (Lipinski definition) is 5. The Morgan fingerprint density at radius 2 is 1.68 bits per heavy atom. The lowest BCUT2D eigenvalue weighted by Gasteiger charge is -2.26. The zero-order chi connectivity index (χ0) is 24.4. The van der Waals surface area contributed by atoms with Gasteiger partial charge in [-0.1, -0.05) is 48.9 Å². The number of Topliss-reactive ketones (excluding diaryl/α,β-unsaturated/α-hetero) is 1. The topological polar surface area (TPSA) is 83.9 Å². The van der Waals surface area contributed by atoms with Crippen molar-refractivity contribution in [1.82, 2.24) is 0 Å². The number of hydrogen-bond donors (Lipinski definition) is 1. The highest BCUT2D eigenvalue weighted by atomic mass is 35.5. The van der Waals surface area contributed by atoms with Crippen LogP contribution in [0.4, 0.5) is 5.69 Å². The van der Waals surface area contributed by atoms with Crippen molar-refractivity contribution < 1.29 is 24.2 Å². The minimum Gasteiger partial charge on any atom is -0.507 e. The number of benzene rings is 3. The molecule has 3 aromatic rings. The highest BCUT2D eigenvalue weighted by molar-refractivity contribution is 6.51. The van der Waals surface area contributed by atoms with Crippen molar-refractivity contribution in [3.8, 4) is 0 Å². The Bertz CT molecular complexity index is 1300. The van der Waals surface area contributed by atoms with Crippen LogP contribution in [-0.2, 0) is 20.7 Å². The largest absolute Gasteiger partial charge is 0.507 e. The van der Waals surface area contributed by atoms with Crippen LogP contribution in [0.2, 0.25) is 5.02 Å². The lowest BCUT2D eigenvalue weighted by molar-refractivity contribution is -0.132. The molecule has 0 bridgehead atoms. The van der Waals surface area contributed by atoms with Crippen LogP contribution in [0.25, 0.3) is 5.76 Å². The number of anilines is 1. The Morgan fingerprint density at radius 1 is 1.00 bits per heavy atom. The molecule has 6 nitrogen and oxygen atoms in total. The number of ketones is 1. The minimum atomic E-state index is -0.894. The third-order valence-corrected chi connectivity index (χ3v) is 6.06. The molecule has 1 aliphatic heterocycles. The zero-order valence-electron chi connectivity index (χ0n) is 18.6. The predicted octanol–water partition coefficient (Wildman–Crippen LogP) is 5.32. The molecule has 1 saturated heterocycles. The molecule has 4 rings (SSSR count). The Hall–Kier alpha value is -3.90. The minimum absolute atomic E-state index is 0.0416. The zero-order valence-corrected chi connectivity index (χ0v) is 19.4. The molecule has 1 aliphatic rings. The van der Waals surface area contributed by atoms with Gasteiger partial charge in [-0.15, -0.1) is 0 Å². The molecule has 0 radical (unpaired) electrons. The van der Waals surface area contributed by atoms with Gasteiger partial charge in [0.05, 0.1) is 24.3 Å². The van der Waals surface area contributed by atoms with Gasteiger partial charge in [-0.3, -0.25) is 14.5 Å². The Labute approximate surface area is 202 Å². The summed E-state index contributed by atoms with van der Waals surface area (Å²) in [4.78, 5) is 39.9. The van der Waals surface area contributed by atoms with Gasteiger partial charge in [0.2, 0.25) is 0 Å². The SMILES string of the molecule is CCc1ccc(C2/C(=C(\O)c3ccc(Cl)cc3)C(=O)C(=O)N2c2cccc(C(=O)OC)c2)cc1. The van der Waals surface area contributed by atoms with Gasteiger partial charge in [-0.25, -0.2) is 4.79 Å². The fourth-order valence-corrected chi connectivity index (χ4v) is 4.14. The van der Waals surface area contributed by atoms with Crippen LogP contribution in [0.3, 0.4) is 0 Å². The molecule has 3 aromatic carbocycles. The third-order valence-electron chi connectivity index (χ3n) is 5.81. The Balaban J connectivity index is 1.92. The van der Waals surface area contributed by atoms with E-state index < -0.39 is 23.7 Å². The van der Waals surface area contributed by atoms with Crippen LogP contribution < -0.4 is 4.90 Å². The van der Waals surface area contributed by atoms with Crippen molar-refractivity contribution in [3.05, 3.63) is 106 Å².